The summed E-state index contributed by atoms with van der Waals surface area (Å²) in [5.74, 6) is 0.305. The van der Waals surface area contributed by atoms with Crippen LogP contribution >= 0.6 is 15.9 Å². The standard InChI is InChI=1S/C14H16BrN3O2S/c1-3-10-6-4-5-7-12(10)18-21(19,20)13-8-11(15)9-17-14(13)16-2/h4-9,18H,3H2,1-2H3,(H,16,17). The lowest BCUT2D eigenvalue weighted by atomic mass is 10.1. The first-order valence-corrected chi connectivity index (χ1v) is 8.69. The minimum Gasteiger partial charge on any atom is -0.372 e. The number of hydrogen-bond donors (Lipinski definition) is 2. The lowest BCUT2D eigenvalue weighted by molar-refractivity contribution is 0.601. The molecule has 5 nitrogen and oxygen atoms in total. The number of anilines is 2. The van der Waals surface area contributed by atoms with E-state index in [1.165, 1.54) is 6.07 Å². The third-order valence-corrected chi connectivity index (χ3v) is 4.80. The predicted octanol–water partition coefficient (Wildman–Crippen LogP) is 3.25. The van der Waals surface area contributed by atoms with Crippen LogP contribution in [0.1, 0.15) is 12.5 Å². The fraction of sp³-hybridized carbons (Fsp3) is 0.214. The Kier molecular flexibility index (Phi) is 4.84. The molecule has 112 valence electrons. The number of hydrogen-bond acceptors (Lipinski definition) is 4. The van der Waals surface area contributed by atoms with Gasteiger partial charge in [0.2, 0.25) is 0 Å². The molecule has 0 atom stereocenters. The quantitative estimate of drug-likeness (QED) is 0.848. The second-order valence-electron chi connectivity index (χ2n) is 4.37. The monoisotopic (exact) mass is 369 g/mol. The molecule has 21 heavy (non-hydrogen) atoms. The Morgan fingerprint density at radius 2 is 2.00 bits per heavy atom. The maximum atomic E-state index is 12.6. The molecule has 1 heterocycles. The number of sulfonamides is 1. The summed E-state index contributed by atoms with van der Waals surface area (Å²) in [4.78, 5) is 4.17. The van der Waals surface area contributed by atoms with Gasteiger partial charge in [-0.05, 0) is 40.0 Å². The van der Waals surface area contributed by atoms with E-state index in [1.807, 2.05) is 19.1 Å². The van der Waals surface area contributed by atoms with E-state index >= 15 is 0 Å². The van der Waals surface area contributed by atoms with Crippen molar-refractivity contribution >= 4 is 37.5 Å². The molecule has 1 aromatic heterocycles. The summed E-state index contributed by atoms with van der Waals surface area (Å²) in [6.45, 7) is 1.98. The molecule has 0 saturated heterocycles. The van der Waals surface area contributed by atoms with Crippen molar-refractivity contribution in [2.45, 2.75) is 18.2 Å². The van der Waals surface area contributed by atoms with Crippen molar-refractivity contribution in [3.05, 3.63) is 46.6 Å². The first-order chi connectivity index (χ1) is 9.97. The molecular formula is C14H16BrN3O2S. The van der Waals surface area contributed by atoms with E-state index in [0.29, 0.717) is 16.0 Å². The van der Waals surface area contributed by atoms with E-state index in [-0.39, 0.29) is 4.90 Å². The second-order valence-corrected chi connectivity index (χ2v) is 6.93. The zero-order chi connectivity index (χ0) is 15.5. The highest BCUT2D eigenvalue weighted by atomic mass is 79.9. The Hall–Kier alpha value is -1.60. The zero-order valence-electron chi connectivity index (χ0n) is 11.7. The summed E-state index contributed by atoms with van der Waals surface area (Å²) in [7, 11) is -2.08. The van der Waals surface area contributed by atoms with Crippen molar-refractivity contribution in [3.8, 4) is 0 Å². The summed E-state index contributed by atoms with van der Waals surface area (Å²) < 4.78 is 28.4. The molecule has 7 heteroatoms. The smallest absolute Gasteiger partial charge is 0.265 e. The normalized spacial score (nSPS) is 11.2. The van der Waals surface area contributed by atoms with Gasteiger partial charge < -0.3 is 5.32 Å². The minimum atomic E-state index is -3.72. The molecule has 0 fully saturated rings. The first-order valence-electron chi connectivity index (χ1n) is 6.42. The van der Waals surface area contributed by atoms with E-state index in [4.69, 9.17) is 0 Å². The number of nitrogens with zero attached hydrogens (tertiary/aromatic N) is 1. The maximum Gasteiger partial charge on any atom is 0.265 e. The van der Waals surface area contributed by atoms with Gasteiger partial charge in [-0.1, -0.05) is 25.1 Å². The van der Waals surface area contributed by atoms with Gasteiger partial charge in [-0.25, -0.2) is 13.4 Å². The van der Waals surface area contributed by atoms with Gasteiger partial charge in [-0.3, -0.25) is 4.72 Å². The van der Waals surface area contributed by atoms with Crippen LogP contribution in [-0.4, -0.2) is 20.4 Å². The number of benzene rings is 1. The van der Waals surface area contributed by atoms with Crippen molar-refractivity contribution in [3.63, 3.8) is 0 Å². The molecule has 0 amide bonds. The van der Waals surface area contributed by atoms with Crippen LogP contribution in [0.5, 0.6) is 0 Å². The van der Waals surface area contributed by atoms with Gasteiger partial charge in [0, 0.05) is 17.7 Å². The van der Waals surface area contributed by atoms with Gasteiger partial charge in [0.05, 0.1) is 5.69 Å². The number of aromatic nitrogens is 1. The van der Waals surface area contributed by atoms with E-state index in [0.717, 1.165) is 12.0 Å². The molecule has 2 rings (SSSR count). The number of nitrogens with one attached hydrogen (secondary N) is 2. The third kappa shape index (κ3) is 3.54. The molecule has 2 aromatic rings. The number of halogens is 1. The summed E-state index contributed by atoms with van der Waals surface area (Å²) in [6, 6.07) is 8.86. The number of rotatable bonds is 5. The van der Waals surface area contributed by atoms with Crippen LogP contribution in [0.15, 0.2) is 45.9 Å². The average molecular weight is 370 g/mol. The highest BCUT2D eigenvalue weighted by Gasteiger charge is 2.20. The van der Waals surface area contributed by atoms with Crippen LogP contribution in [0, 0.1) is 0 Å². The molecule has 0 radical (unpaired) electrons. The van der Waals surface area contributed by atoms with Crippen molar-refractivity contribution in [1.82, 2.24) is 4.98 Å². The number of pyridine rings is 1. The van der Waals surface area contributed by atoms with E-state index in [1.54, 1.807) is 25.4 Å². The Balaban J connectivity index is 2.46. The summed E-state index contributed by atoms with van der Waals surface area (Å²) in [5.41, 5.74) is 1.53. The minimum absolute atomic E-state index is 0.102. The molecule has 0 bridgehead atoms. The fourth-order valence-electron chi connectivity index (χ4n) is 1.94. The van der Waals surface area contributed by atoms with Gasteiger partial charge in [0.25, 0.3) is 10.0 Å². The van der Waals surface area contributed by atoms with Crippen LogP contribution in [0.2, 0.25) is 0 Å². The molecular weight excluding hydrogens is 354 g/mol. The highest BCUT2D eigenvalue weighted by Crippen LogP contribution is 2.26. The van der Waals surface area contributed by atoms with Crippen LogP contribution in [-0.2, 0) is 16.4 Å². The second kappa shape index (κ2) is 6.44. The largest absolute Gasteiger partial charge is 0.372 e. The van der Waals surface area contributed by atoms with Gasteiger partial charge in [-0.15, -0.1) is 0 Å². The van der Waals surface area contributed by atoms with Crippen molar-refractivity contribution in [1.29, 1.82) is 0 Å². The van der Waals surface area contributed by atoms with Gasteiger partial charge >= 0.3 is 0 Å². The molecule has 0 unspecified atom stereocenters. The molecule has 0 aliphatic carbocycles. The maximum absolute atomic E-state index is 12.6. The summed E-state index contributed by atoms with van der Waals surface area (Å²) in [6.07, 6.45) is 2.29. The Morgan fingerprint density at radius 3 is 2.67 bits per heavy atom. The van der Waals surface area contributed by atoms with Crippen LogP contribution in [0.25, 0.3) is 0 Å². The molecule has 0 spiro atoms. The summed E-state index contributed by atoms with van der Waals surface area (Å²) in [5, 5.41) is 2.79. The highest BCUT2D eigenvalue weighted by molar-refractivity contribution is 9.10. The molecule has 2 N–H and O–H groups in total. The Labute approximate surface area is 133 Å². The van der Waals surface area contributed by atoms with Gasteiger partial charge in [-0.2, -0.15) is 0 Å². The fourth-order valence-corrected chi connectivity index (χ4v) is 3.71. The van der Waals surface area contributed by atoms with Crippen LogP contribution in [0.3, 0.4) is 0 Å². The molecule has 0 saturated carbocycles. The van der Waals surface area contributed by atoms with Crippen LogP contribution in [0.4, 0.5) is 11.5 Å². The zero-order valence-corrected chi connectivity index (χ0v) is 14.1. The van der Waals surface area contributed by atoms with E-state index < -0.39 is 10.0 Å². The topological polar surface area (TPSA) is 71.1 Å². The lowest BCUT2D eigenvalue weighted by Crippen LogP contribution is -2.16. The number of para-hydroxylation sites is 1. The number of aryl methyl sites for hydroxylation is 1. The first kappa shape index (κ1) is 15.8. The Bertz CT molecular complexity index is 748. The summed E-state index contributed by atoms with van der Waals surface area (Å²) >= 11 is 3.25. The average Bonchev–Trinajstić information content (AvgIpc) is 2.47. The molecule has 1 aromatic carbocycles. The Morgan fingerprint density at radius 1 is 1.29 bits per heavy atom. The predicted molar refractivity (Wildman–Crippen MR) is 88.1 cm³/mol. The SMILES string of the molecule is CCc1ccccc1NS(=O)(=O)c1cc(Br)cnc1NC. The lowest BCUT2D eigenvalue weighted by Gasteiger charge is -2.14. The molecule has 0 aliphatic rings. The van der Waals surface area contributed by atoms with Crippen LogP contribution < -0.4 is 10.0 Å². The van der Waals surface area contributed by atoms with Crippen molar-refractivity contribution in [2.24, 2.45) is 0 Å². The molecule has 0 aliphatic heterocycles. The van der Waals surface area contributed by atoms with Gasteiger partial charge in [0.15, 0.2) is 0 Å². The van der Waals surface area contributed by atoms with Crippen molar-refractivity contribution in [2.75, 3.05) is 17.1 Å². The van der Waals surface area contributed by atoms with Gasteiger partial charge in [0.1, 0.15) is 10.7 Å². The third-order valence-electron chi connectivity index (χ3n) is 2.99. The van der Waals surface area contributed by atoms with E-state index in [9.17, 15) is 8.42 Å². The van der Waals surface area contributed by atoms with E-state index in [2.05, 4.69) is 31.0 Å². The van der Waals surface area contributed by atoms with Crippen molar-refractivity contribution < 1.29 is 8.42 Å².